The maximum Gasteiger partial charge on any atom is 0.314 e. The number of hydrogen-bond donors (Lipinski definition) is 2. The van der Waals surface area contributed by atoms with E-state index in [1.54, 1.807) is 0 Å². The van der Waals surface area contributed by atoms with Crippen molar-refractivity contribution in [2.45, 2.75) is 45.1 Å². The van der Waals surface area contributed by atoms with E-state index in [0.717, 1.165) is 16.7 Å². The van der Waals surface area contributed by atoms with Crippen molar-refractivity contribution < 1.29 is 15.0 Å². The summed E-state index contributed by atoms with van der Waals surface area (Å²) in [5, 5.41) is 18.9. The minimum Gasteiger partial charge on any atom is -0.481 e. The summed E-state index contributed by atoms with van der Waals surface area (Å²) < 4.78 is 0. The number of aliphatic hydroxyl groups is 1. The van der Waals surface area contributed by atoms with Crippen LogP contribution >= 0.6 is 0 Å². The Balaban J connectivity index is 2.52. The maximum absolute atomic E-state index is 11.5. The minimum absolute atomic E-state index is 0.325. The summed E-state index contributed by atoms with van der Waals surface area (Å²) in [6, 6.07) is 3.99. The van der Waals surface area contributed by atoms with Crippen LogP contribution in [-0.4, -0.2) is 22.3 Å². The Labute approximate surface area is 101 Å². The molecule has 1 aromatic carbocycles. The zero-order valence-electron chi connectivity index (χ0n) is 10.4. The zero-order chi connectivity index (χ0) is 12.8. The van der Waals surface area contributed by atoms with Crippen molar-refractivity contribution in [3.63, 3.8) is 0 Å². The molecule has 3 nitrogen and oxygen atoms in total. The molecule has 92 valence electrons. The van der Waals surface area contributed by atoms with Crippen LogP contribution in [0.4, 0.5) is 0 Å². The molecule has 1 aliphatic rings. The molecule has 0 saturated heterocycles. The summed E-state index contributed by atoms with van der Waals surface area (Å²) >= 11 is 0. The number of carboxylic acid groups (broad SMARTS) is 1. The fraction of sp³-hybridized carbons (Fsp3) is 0.500. The van der Waals surface area contributed by atoms with Gasteiger partial charge in [0.05, 0.1) is 11.5 Å². The average Bonchev–Trinajstić information content (AvgIpc) is 2.18. The second-order valence-electron chi connectivity index (χ2n) is 5.20. The first-order valence-corrected chi connectivity index (χ1v) is 5.86. The maximum atomic E-state index is 11.5. The van der Waals surface area contributed by atoms with Gasteiger partial charge in [-0.3, -0.25) is 4.79 Å². The van der Waals surface area contributed by atoms with Gasteiger partial charge in [0.25, 0.3) is 0 Å². The van der Waals surface area contributed by atoms with Gasteiger partial charge in [-0.15, -0.1) is 0 Å². The highest BCUT2D eigenvalue weighted by Gasteiger charge is 2.52. The first-order valence-electron chi connectivity index (χ1n) is 5.86. The lowest BCUT2D eigenvalue weighted by Gasteiger charge is -2.43. The van der Waals surface area contributed by atoms with Crippen molar-refractivity contribution >= 4 is 5.97 Å². The lowest BCUT2D eigenvalue weighted by molar-refractivity contribution is -0.153. The van der Waals surface area contributed by atoms with Gasteiger partial charge in [-0.05, 0) is 55.9 Å². The zero-order valence-corrected chi connectivity index (χ0v) is 10.4. The number of aliphatic carboxylic acids is 1. The molecule has 2 rings (SSSR count). The Morgan fingerprint density at radius 2 is 1.71 bits per heavy atom. The number of carboxylic acids is 1. The molecule has 2 N–H and O–H groups in total. The molecule has 1 aliphatic carbocycles. The molecule has 1 aromatic rings. The van der Waals surface area contributed by atoms with Crippen LogP contribution in [0.1, 0.15) is 35.1 Å². The van der Waals surface area contributed by atoms with Gasteiger partial charge in [0, 0.05) is 0 Å². The van der Waals surface area contributed by atoms with E-state index < -0.39 is 17.5 Å². The molecule has 0 spiro atoms. The van der Waals surface area contributed by atoms with Gasteiger partial charge in [0.15, 0.2) is 0 Å². The molecule has 0 heterocycles. The molecule has 17 heavy (non-hydrogen) atoms. The second kappa shape index (κ2) is 3.84. The second-order valence-corrected chi connectivity index (χ2v) is 5.20. The van der Waals surface area contributed by atoms with E-state index in [1.807, 2.05) is 32.9 Å². The van der Waals surface area contributed by atoms with E-state index in [2.05, 4.69) is 0 Å². The van der Waals surface area contributed by atoms with Gasteiger partial charge in [-0.2, -0.15) is 0 Å². The van der Waals surface area contributed by atoms with Crippen LogP contribution in [0, 0.1) is 20.8 Å². The standard InChI is InChI=1S/C14H18O3/c1-8-4-10(3)12(5-9(8)2)14(13(16)17)6-11(15)7-14/h4-5,11,15H,6-7H2,1-3H3,(H,16,17). The summed E-state index contributed by atoms with van der Waals surface area (Å²) in [6.45, 7) is 5.95. The van der Waals surface area contributed by atoms with E-state index in [-0.39, 0.29) is 0 Å². The number of benzene rings is 1. The average molecular weight is 234 g/mol. The number of rotatable bonds is 2. The summed E-state index contributed by atoms with van der Waals surface area (Å²) in [5.41, 5.74) is 3.27. The smallest absolute Gasteiger partial charge is 0.314 e. The van der Waals surface area contributed by atoms with Crippen LogP contribution in [-0.2, 0) is 10.2 Å². The molecular formula is C14H18O3. The fourth-order valence-corrected chi connectivity index (χ4v) is 2.73. The van der Waals surface area contributed by atoms with Crippen LogP contribution in [0.2, 0.25) is 0 Å². The monoisotopic (exact) mass is 234 g/mol. The lowest BCUT2D eigenvalue weighted by Crippen LogP contribution is -2.51. The topological polar surface area (TPSA) is 57.5 Å². The van der Waals surface area contributed by atoms with Crippen molar-refractivity contribution in [3.05, 3.63) is 34.4 Å². The number of hydrogen-bond acceptors (Lipinski definition) is 2. The quantitative estimate of drug-likeness (QED) is 0.823. The molecule has 0 bridgehead atoms. The third kappa shape index (κ3) is 1.75. The number of aryl methyl sites for hydroxylation is 3. The van der Waals surface area contributed by atoms with Gasteiger partial charge in [0.1, 0.15) is 0 Å². The van der Waals surface area contributed by atoms with Crippen molar-refractivity contribution in [3.8, 4) is 0 Å². The van der Waals surface area contributed by atoms with Gasteiger partial charge < -0.3 is 10.2 Å². The van der Waals surface area contributed by atoms with E-state index in [0.29, 0.717) is 12.8 Å². The highest BCUT2D eigenvalue weighted by Crippen LogP contribution is 2.45. The van der Waals surface area contributed by atoms with E-state index in [1.165, 1.54) is 5.56 Å². The highest BCUT2D eigenvalue weighted by atomic mass is 16.4. The van der Waals surface area contributed by atoms with E-state index in [4.69, 9.17) is 0 Å². The Kier molecular flexibility index (Phi) is 2.74. The predicted octanol–water partition coefficient (Wildman–Crippen LogP) is 2.09. The minimum atomic E-state index is -0.873. The third-order valence-corrected chi connectivity index (χ3v) is 3.93. The first kappa shape index (κ1) is 12.1. The molecular weight excluding hydrogens is 216 g/mol. The Morgan fingerprint density at radius 3 is 2.18 bits per heavy atom. The molecule has 1 fully saturated rings. The molecule has 0 atom stereocenters. The van der Waals surface area contributed by atoms with Crippen molar-refractivity contribution in [1.29, 1.82) is 0 Å². The van der Waals surface area contributed by atoms with Gasteiger partial charge in [-0.25, -0.2) is 0 Å². The number of aliphatic hydroxyl groups excluding tert-OH is 1. The largest absolute Gasteiger partial charge is 0.481 e. The molecule has 0 aliphatic heterocycles. The Morgan fingerprint density at radius 1 is 1.18 bits per heavy atom. The normalized spacial score (nSPS) is 27.6. The van der Waals surface area contributed by atoms with Crippen LogP contribution in [0.25, 0.3) is 0 Å². The van der Waals surface area contributed by atoms with Gasteiger partial charge in [-0.1, -0.05) is 12.1 Å². The van der Waals surface area contributed by atoms with E-state index in [9.17, 15) is 15.0 Å². The molecule has 1 saturated carbocycles. The fourth-order valence-electron chi connectivity index (χ4n) is 2.73. The van der Waals surface area contributed by atoms with Crippen LogP contribution in [0.15, 0.2) is 12.1 Å². The van der Waals surface area contributed by atoms with Gasteiger partial charge in [0.2, 0.25) is 0 Å². The summed E-state index contributed by atoms with van der Waals surface area (Å²) in [7, 11) is 0. The third-order valence-electron chi connectivity index (χ3n) is 3.93. The van der Waals surface area contributed by atoms with E-state index >= 15 is 0 Å². The Bertz CT molecular complexity index is 471. The molecule has 0 amide bonds. The Hall–Kier alpha value is -1.35. The summed E-state index contributed by atoms with van der Waals surface area (Å²) in [6.07, 6.45) is 0.171. The summed E-state index contributed by atoms with van der Waals surface area (Å²) in [5.74, 6) is -0.825. The summed E-state index contributed by atoms with van der Waals surface area (Å²) in [4.78, 5) is 11.5. The lowest BCUT2D eigenvalue weighted by atomic mass is 9.61. The molecule has 0 radical (unpaired) electrons. The number of carbonyl (C=O) groups is 1. The molecule has 3 heteroatoms. The highest BCUT2D eigenvalue weighted by molar-refractivity contribution is 5.83. The van der Waals surface area contributed by atoms with Crippen LogP contribution in [0.3, 0.4) is 0 Å². The van der Waals surface area contributed by atoms with Gasteiger partial charge >= 0.3 is 5.97 Å². The van der Waals surface area contributed by atoms with Crippen molar-refractivity contribution in [1.82, 2.24) is 0 Å². The van der Waals surface area contributed by atoms with Crippen molar-refractivity contribution in [2.75, 3.05) is 0 Å². The van der Waals surface area contributed by atoms with Crippen molar-refractivity contribution in [2.24, 2.45) is 0 Å². The molecule has 0 unspecified atom stereocenters. The predicted molar refractivity (Wildman–Crippen MR) is 65.2 cm³/mol. The SMILES string of the molecule is Cc1cc(C)c(C2(C(=O)O)CC(O)C2)cc1C. The van der Waals surface area contributed by atoms with Crippen LogP contribution < -0.4 is 0 Å². The molecule has 0 aromatic heterocycles. The first-order chi connectivity index (χ1) is 7.86. The van der Waals surface area contributed by atoms with Crippen LogP contribution in [0.5, 0.6) is 0 Å².